The molecule has 0 fully saturated rings. The van der Waals surface area contributed by atoms with E-state index < -0.39 is 0 Å². The van der Waals surface area contributed by atoms with Crippen molar-refractivity contribution in [3.05, 3.63) is 34.4 Å². The van der Waals surface area contributed by atoms with Gasteiger partial charge in [0.1, 0.15) is 0 Å². The molecule has 1 aromatic rings. The van der Waals surface area contributed by atoms with Gasteiger partial charge in [-0.1, -0.05) is 53.4 Å². The van der Waals surface area contributed by atoms with E-state index in [4.69, 9.17) is 0 Å². The minimum absolute atomic E-state index is 0.0692. The lowest BCUT2D eigenvalue weighted by Crippen LogP contribution is -2.18. The lowest BCUT2D eigenvalue weighted by molar-refractivity contribution is 0.574. The Morgan fingerprint density at radius 3 is 1.15 bits per heavy atom. The van der Waals surface area contributed by atoms with Crippen molar-refractivity contribution in [2.24, 2.45) is 0 Å². The summed E-state index contributed by atoms with van der Waals surface area (Å²) >= 11 is 0. The van der Waals surface area contributed by atoms with Crippen molar-refractivity contribution in [1.29, 1.82) is 0 Å². The minimum atomic E-state index is 0.0692. The van der Waals surface area contributed by atoms with Crippen molar-refractivity contribution in [2.45, 2.75) is 66.2 Å². The van der Waals surface area contributed by atoms with Crippen LogP contribution in [0, 0.1) is 23.7 Å². The molecule has 0 saturated carbocycles. The fourth-order valence-electron chi connectivity index (χ4n) is 2.32. The molecule has 0 aliphatic carbocycles. The van der Waals surface area contributed by atoms with E-state index in [-0.39, 0.29) is 10.8 Å². The summed E-state index contributed by atoms with van der Waals surface area (Å²) in [6, 6.07) is 4.47. The Morgan fingerprint density at radius 2 is 0.950 bits per heavy atom. The molecule has 1 aromatic carbocycles. The second-order valence-corrected chi connectivity index (χ2v) is 7.19. The Hall–Kier alpha value is -1.66. The first-order valence-electron chi connectivity index (χ1n) is 7.15. The molecule has 0 heterocycles. The van der Waals surface area contributed by atoms with Gasteiger partial charge in [0.25, 0.3) is 0 Å². The van der Waals surface area contributed by atoms with Crippen LogP contribution in [0.15, 0.2) is 12.1 Å². The maximum absolute atomic E-state index is 3.27. The largest absolute Gasteiger partial charge is 0.101 e. The molecule has 0 bridgehead atoms. The third-order valence-electron chi connectivity index (χ3n) is 3.29. The van der Waals surface area contributed by atoms with E-state index in [0.29, 0.717) is 0 Å². The van der Waals surface area contributed by atoms with Crippen LogP contribution < -0.4 is 0 Å². The highest BCUT2D eigenvalue weighted by molar-refractivity contribution is 5.56. The van der Waals surface area contributed by atoms with Gasteiger partial charge in [-0.05, 0) is 47.9 Å². The maximum Gasteiger partial charge on any atom is 0.0286 e. The molecule has 0 heteroatoms. The Kier molecular flexibility index (Phi) is 4.73. The van der Waals surface area contributed by atoms with Gasteiger partial charge in [-0.25, -0.2) is 0 Å². The fourth-order valence-corrected chi connectivity index (χ4v) is 2.32. The molecule has 1 rings (SSSR count). The van der Waals surface area contributed by atoms with Crippen molar-refractivity contribution >= 4 is 0 Å². The predicted molar refractivity (Wildman–Crippen MR) is 88.9 cm³/mol. The molecule has 0 radical (unpaired) electrons. The molecule has 106 valence electrons. The predicted octanol–water partition coefficient (Wildman–Crippen LogP) is 5.02. The van der Waals surface area contributed by atoms with Crippen molar-refractivity contribution < 1.29 is 0 Å². The molecule has 0 amide bonds. The van der Waals surface area contributed by atoms with Crippen LogP contribution in [0.25, 0.3) is 0 Å². The van der Waals surface area contributed by atoms with Crippen LogP contribution in [0.5, 0.6) is 0 Å². The Morgan fingerprint density at radius 1 is 0.650 bits per heavy atom. The van der Waals surface area contributed by atoms with Gasteiger partial charge in [0.15, 0.2) is 0 Å². The van der Waals surface area contributed by atoms with Crippen LogP contribution in [0.4, 0.5) is 0 Å². The fraction of sp³-hybridized carbons (Fsp3) is 0.500. The summed E-state index contributed by atoms with van der Waals surface area (Å²) < 4.78 is 0. The minimum Gasteiger partial charge on any atom is -0.101 e. The van der Waals surface area contributed by atoms with Crippen LogP contribution in [0.2, 0.25) is 0 Å². The smallest absolute Gasteiger partial charge is 0.0286 e. The number of hydrogen-bond donors (Lipinski definition) is 0. The number of rotatable bonds is 0. The van der Waals surface area contributed by atoms with Crippen LogP contribution in [-0.4, -0.2) is 0 Å². The molecular weight excluding hydrogens is 240 g/mol. The first-order chi connectivity index (χ1) is 9.11. The normalized spacial score (nSPS) is 11.2. The van der Waals surface area contributed by atoms with Crippen LogP contribution in [-0.2, 0) is 10.8 Å². The lowest BCUT2D eigenvalue weighted by atomic mass is 9.77. The standard InChI is InChI=1S/C20H26/c1-9-11-15-13-18(20(6,7)8)16(12-10-2)14-17(15)19(3,4)5/h13-14H,1-8H3. The van der Waals surface area contributed by atoms with E-state index >= 15 is 0 Å². The molecule has 0 saturated heterocycles. The molecular formula is C20H26. The lowest BCUT2D eigenvalue weighted by Gasteiger charge is -2.27. The van der Waals surface area contributed by atoms with Gasteiger partial charge in [-0.3, -0.25) is 0 Å². The summed E-state index contributed by atoms with van der Waals surface area (Å²) in [6.07, 6.45) is 0. The number of benzene rings is 1. The topological polar surface area (TPSA) is 0 Å². The molecule has 0 spiro atoms. The van der Waals surface area contributed by atoms with E-state index in [0.717, 1.165) is 11.1 Å². The van der Waals surface area contributed by atoms with Crippen molar-refractivity contribution in [3.8, 4) is 23.7 Å². The van der Waals surface area contributed by atoms with Crippen molar-refractivity contribution in [2.75, 3.05) is 0 Å². The van der Waals surface area contributed by atoms with Crippen molar-refractivity contribution in [3.63, 3.8) is 0 Å². The quantitative estimate of drug-likeness (QED) is 0.578. The van der Waals surface area contributed by atoms with Gasteiger partial charge in [-0.2, -0.15) is 0 Å². The van der Waals surface area contributed by atoms with E-state index in [1.54, 1.807) is 0 Å². The molecule has 0 aliphatic rings. The average molecular weight is 266 g/mol. The summed E-state index contributed by atoms with van der Waals surface area (Å²) in [5.41, 5.74) is 4.95. The average Bonchev–Trinajstić information content (AvgIpc) is 2.28. The van der Waals surface area contributed by atoms with Gasteiger partial charge < -0.3 is 0 Å². The SMILES string of the molecule is CC#Cc1cc(C(C)(C)C)c(C#CC)cc1C(C)(C)C. The highest BCUT2D eigenvalue weighted by atomic mass is 14.3. The van der Waals surface area contributed by atoms with Gasteiger partial charge >= 0.3 is 0 Å². The molecule has 0 aromatic heterocycles. The Bertz CT molecular complexity index is 551. The highest BCUT2D eigenvalue weighted by Crippen LogP contribution is 2.33. The third-order valence-corrected chi connectivity index (χ3v) is 3.29. The van der Waals surface area contributed by atoms with Crippen LogP contribution >= 0.6 is 0 Å². The zero-order valence-corrected chi connectivity index (χ0v) is 14.2. The Balaban J connectivity index is 3.75. The zero-order valence-electron chi connectivity index (χ0n) is 14.2. The van der Waals surface area contributed by atoms with Gasteiger partial charge in [0.05, 0.1) is 0 Å². The zero-order chi connectivity index (χ0) is 15.6. The second-order valence-electron chi connectivity index (χ2n) is 7.19. The maximum atomic E-state index is 3.27. The van der Waals surface area contributed by atoms with E-state index in [9.17, 15) is 0 Å². The first-order valence-corrected chi connectivity index (χ1v) is 7.15. The molecule has 0 N–H and O–H groups in total. The Labute approximate surface area is 125 Å². The molecule has 0 aliphatic heterocycles. The van der Waals surface area contributed by atoms with Gasteiger partial charge in [-0.15, -0.1) is 11.8 Å². The first kappa shape index (κ1) is 16.4. The summed E-state index contributed by atoms with van der Waals surface area (Å²) in [6.45, 7) is 17.1. The monoisotopic (exact) mass is 266 g/mol. The van der Waals surface area contributed by atoms with E-state index in [1.165, 1.54) is 11.1 Å². The molecule has 20 heavy (non-hydrogen) atoms. The highest BCUT2D eigenvalue weighted by Gasteiger charge is 2.23. The molecule has 0 atom stereocenters. The summed E-state index contributed by atoms with van der Waals surface area (Å²) in [5, 5.41) is 0. The molecule has 0 nitrogen and oxygen atoms in total. The summed E-state index contributed by atoms with van der Waals surface area (Å²) in [4.78, 5) is 0. The summed E-state index contributed by atoms with van der Waals surface area (Å²) in [5.74, 6) is 12.6. The van der Waals surface area contributed by atoms with Crippen molar-refractivity contribution in [1.82, 2.24) is 0 Å². The van der Waals surface area contributed by atoms with E-state index in [1.807, 2.05) is 13.8 Å². The van der Waals surface area contributed by atoms with Gasteiger partial charge in [0, 0.05) is 11.1 Å². The third kappa shape index (κ3) is 3.68. The number of hydrogen-bond acceptors (Lipinski definition) is 0. The molecule has 0 unspecified atom stereocenters. The van der Waals surface area contributed by atoms with Crippen LogP contribution in [0.3, 0.4) is 0 Å². The van der Waals surface area contributed by atoms with Crippen LogP contribution in [0.1, 0.15) is 77.6 Å². The summed E-state index contributed by atoms with van der Waals surface area (Å²) in [7, 11) is 0. The second kappa shape index (κ2) is 5.76. The van der Waals surface area contributed by atoms with E-state index in [2.05, 4.69) is 77.4 Å². The van der Waals surface area contributed by atoms with Gasteiger partial charge in [0.2, 0.25) is 0 Å².